The first kappa shape index (κ1) is 7.59. The summed E-state index contributed by atoms with van der Waals surface area (Å²) >= 11 is 0. The second kappa shape index (κ2) is 3.60. The van der Waals surface area contributed by atoms with E-state index in [2.05, 4.69) is 32.1 Å². The van der Waals surface area contributed by atoms with E-state index in [-0.39, 0.29) is 0 Å². The molecule has 10 heavy (non-hydrogen) atoms. The first-order valence-corrected chi connectivity index (χ1v) is 4.18. The summed E-state index contributed by atoms with van der Waals surface area (Å²) in [5, 5.41) is 0. The Morgan fingerprint density at radius 2 is 2.40 bits per heavy atom. The highest BCUT2D eigenvalue weighted by Crippen LogP contribution is 2.23. The molecule has 0 amide bonds. The van der Waals surface area contributed by atoms with Crippen molar-refractivity contribution < 1.29 is 0 Å². The molecule has 0 heteroatoms. The Morgan fingerprint density at radius 1 is 1.60 bits per heavy atom. The fraction of sp³-hybridized carbons (Fsp3) is 0.600. The van der Waals surface area contributed by atoms with Crippen LogP contribution < -0.4 is 0 Å². The second-order valence-corrected chi connectivity index (χ2v) is 3.06. The minimum Gasteiger partial charge on any atom is -0.0839 e. The quantitative estimate of drug-likeness (QED) is 0.546. The van der Waals surface area contributed by atoms with E-state index in [0.29, 0.717) is 0 Å². The Kier molecular flexibility index (Phi) is 2.73. The van der Waals surface area contributed by atoms with Gasteiger partial charge < -0.3 is 0 Å². The van der Waals surface area contributed by atoms with Crippen LogP contribution in [0.15, 0.2) is 23.8 Å². The molecule has 0 spiro atoms. The molecule has 0 heterocycles. The lowest BCUT2D eigenvalue weighted by molar-refractivity contribution is 0.553. The molecule has 0 N–H and O–H groups in total. The highest BCUT2D eigenvalue weighted by Gasteiger charge is 2.08. The van der Waals surface area contributed by atoms with Crippen LogP contribution in [0.4, 0.5) is 0 Å². The number of hydrogen-bond donors (Lipinski definition) is 0. The molecule has 0 aromatic carbocycles. The number of allylic oxidation sites excluding steroid dienone is 4. The van der Waals surface area contributed by atoms with Gasteiger partial charge in [-0.25, -0.2) is 0 Å². The van der Waals surface area contributed by atoms with Crippen LogP contribution >= 0.6 is 0 Å². The normalized spacial score (nSPS) is 24.6. The minimum absolute atomic E-state index is 0.843. The van der Waals surface area contributed by atoms with Gasteiger partial charge in [0.1, 0.15) is 0 Å². The van der Waals surface area contributed by atoms with Gasteiger partial charge in [0.15, 0.2) is 0 Å². The Bertz CT molecular complexity index is 151. The van der Waals surface area contributed by atoms with E-state index in [0.717, 1.165) is 5.92 Å². The van der Waals surface area contributed by atoms with Gasteiger partial charge in [0, 0.05) is 0 Å². The van der Waals surface area contributed by atoms with Crippen LogP contribution in [0, 0.1) is 5.92 Å². The van der Waals surface area contributed by atoms with E-state index >= 15 is 0 Å². The number of hydrogen-bond acceptors (Lipinski definition) is 0. The fourth-order valence-corrected chi connectivity index (χ4v) is 1.48. The Labute approximate surface area is 63.6 Å². The molecule has 0 saturated carbocycles. The first-order chi connectivity index (χ1) is 4.84. The summed E-state index contributed by atoms with van der Waals surface area (Å²) in [6.07, 6.45) is 10.6. The van der Waals surface area contributed by atoms with Gasteiger partial charge in [-0.15, -0.1) is 0 Å². The molecule has 0 saturated heterocycles. The molecule has 0 radical (unpaired) electrons. The van der Waals surface area contributed by atoms with Crippen LogP contribution in [0.5, 0.6) is 0 Å². The van der Waals surface area contributed by atoms with Crippen molar-refractivity contribution in [2.45, 2.75) is 33.1 Å². The largest absolute Gasteiger partial charge is 0.0839 e. The maximum absolute atomic E-state index is 2.27. The Hall–Kier alpha value is -0.520. The van der Waals surface area contributed by atoms with Crippen LogP contribution in [-0.4, -0.2) is 0 Å². The Balaban J connectivity index is 2.47. The van der Waals surface area contributed by atoms with E-state index in [4.69, 9.17) is 0 Å². The van der Waals surface area contributed by atoms with Crippen molar-refractivity contribution in [3.63, 3.8) is 0 Å². The zero-order valence-corrected chi connectivity index (χ0v) is 6.93. The maximum atomic E-state index is 2.27. The van der Waals surface area contributed by atoms with Gasteiger partial charge in [-0.05, 0) is 25.7 Å². The molecule has 0 aromatic rings. The molecule has 0 nitrogen and oxygen atoms in total. The highest BCUT2D eigenvalue weighted by atomic mass is 14.1. The minimum atomic E-state index is 0.843. The third kappa shape index (κ3) is 1.73. The third-order valence-corrected chi connectivity index (χ3v) is 2.20. The summed E-state index contributed by atoms with van der Waals surface area (Å²) < 4.78 is 0. The molecule has 0 aromatic heterocycles. The van der Waals surface area contributed by atoms with Crippen molar-refractivity contribution in [3.8, 4) is 0 Å². The summed E-state index contributed by atoms with van der Waals surface area (Å²) in [5.41, 5.74) is 1.56. The average molecular weight is 136 g/mol. The van der Waals surface area contributed by atoms with Gasteiger partial charge in [0.05, 0.1) is 0 Å². The van der Waals surface area contributed by atoms with Crippen LogP contribution in [0.2, 0.25) is 0 Å². The summed E-state index contributed by atoms with van der Waals surface area (Å²) in [7, 11) is 0. The molecular formula is C10H16. The predicted molar refractivity (Wildman–Crippen MR) is 45.9 cm³/mol. The monoisotopic (exact) mass is 136 g/mol. The van der Waals surface area contributed by atoms with Gasteiger partial charge in [-0.1, -0.05) is 37.1 Å². The SMILES string of the molecule is CCCC1CC=CC=C1C. The van der Waals surface area contributed by atoms with Gasteiger partial charge >= 0.3 is 0 Å². The smallest absolute Gasteiger partial charge is 0.0168 e. The van der Waals surface area contributed by atoms with Crippen molar-refractivity contribution in [1.29, 1.82) is 0 Å². The summed E-state index contributed by atoms with van der Waals surface area (Å²) in [6.45, 7) is 4.50. The lowest BCUT2D eigenvalue weighted by Gasteiger charge is -2.16. The van der Waals surface area contributed by atoms with Crippen LogP contribution in [-0.2, 0) is 0 Å². The molecule has 0 fully saturated rings. The zero-order chi connectivity index (χ0) is 7.40. The molecule has 1 rings (SSSR count). The fourth-order valence-electron chi connectivity index (χ4n) is 1.48. The lowest BCUT2D eigenvalue weighted by Crippen LogP contribution is -2.02. The lowest BCUT2D eigenvalue weighted by atomic mass is 9.89. The van der Waals surface area contributed by atoms with Gasteiger partial charge in [-0.3, -0.25) is 0 Å². The molecule has 1 unspecified atom stereocenters. The van der Waals surface area contributed by atoms with Crippen molar-refractivity contribution in [1.82, 2.24) is 0 Å². The van der Waals surface area contributed by atoms with E-state index in [9.17, 15) is 0 Å². The highest BCUT2D eigenvalue weighted by molar-refractivity contribution is 5.18. The van der Waals surface area contributed by atoms with E-state index in [1.165, 1.54) is 19.3 Å². The van der Waals surface area contributed by atoms with Crippen molar-refractivity contribution in [2.24, 2.45) is 5.92 Å². The van der Waals surface area contributed by atoms with Gasteiger partial charge in [0.25, 0.3) is 0 Å². The number of rotatable bonds is 2. The molecule has 1 aliphatic carbocycles. The maximum Gasteiger partial charge on any atom is -0.0168 e. The molecule has 0 bridgehead atoms. The van der Waals surface area contributed by atoms with Crippen molar-refractivity contribution in [3.05, 3.63) is 23.8 Å². The van der Waals surface area contributed by atoms with Gasteiger partial charge in [-0.2, -0.15) is 0 Å². The van der Waals surface area contributed by atoms with E-state index in [1.807, 2.05) is 0 Å². The third-order valence-electron chi connectivity index (χ3n) is 2.20. The zero-order valence-electron chi connectivity index (χ0n) is 6.93. The van der Waals surface area contributed by atoms with Crippen molar-refractivity contribution >= 4 is 0 Å². The van der Waals surface area contributed by atoms with Crippen LogP contribution in [0.1, 0.15) is 33.1 Å². The second-order valence-electron chi connectivity index (χ2n) is 3.06. The Morgan fingerprint density at radius 3 is 3.00 bits per heavy atom. The molecule has 1 aliphatic rings. The summed E-state index contributed by atoms with van der Waals surface area (Å²) in [6, 6.07) is 0. The van der Waals surface area contributed by atoms with Gasteiger partial charge in [0.2, 0.25) is 0 Å². The molecular weight excluding hydrogens is 120 g/mol. The topological polar surface area (TPSA) is 0 Å². The molecule has 56 valence electrons. The van der Waals surface area contributed by atoms with Crippen LogP contribution in [0.25, 0.3) is 0 Å². The molecule has 1 atom stereocenters. The van der Waals surface area contributed by atoms with E-state index in [1.54, 1.807) is 5.57 Å². The van der Waals surface area contributed by atoms with Crippen molar-refractivity contribution in [2.75, 3.05) is 0 Å². The average Bonchev–Trinajstić information content (AvgIpc) is 1.94. The summed E-state index contributed by atoms with van der Waals surface area (Å²) in [4.78, 5) is 0. The predicted octanol–water partition coefficient (Wildman–Crippen LogP) is 3.31. The standard InChI is InChI=1S/C10H16/c1-3-6-10-8-5-4-7-9(10)2/h4-5,7,10H,3,6,8H2,1-2H3. The first-order valence-electron chi connectivity index (χ1n) is 4.18. The van der Waals surface area contributed by atoms with E-state index < -0.39 is 0 Å². The molecule has 0 aliphatic heterocycles. The summed E-state index contributed by atoms with van der Waals surface area (Å²) in [5.74, 6) is 0.843. The van der Waals surface area contributed by atoms with Crippen LogP contribution in [0.3, 0.4) is 0 Å².